The Hall–Kier alpha value is -2.10. The van der Waals surface area contributed by atoms with Gasteiger partial charge in [-0.2, -0.15) is 5.10 Å². The normalized spacial score (nSPS) is 10.1. The highest BCUT2D eigenvalue weighted by molar-refractivity contribution is 5.82. The summed E-state index contributed by atoms with van der Waals surface area (Å²) in [5, 5.41) is 4.09. The molecule has 0 N–H and O–H groups in total. The topological polar surface area (TPSA) is 44.1 Å². The van der Waals surface area contributed by atoms with E-state index in [0.717, 1.165) is 17.5 Å². The van der Waals surface area contributed by atoms with Gasteiger partial charge in [-0.3, -0.25) is 9.48 Å². The molecule has 2 aromatic rings. The first-order valence-corrected chi connectivity index (χ1v) is 4.88. The lowest BCUT2D eigenvalue weighted by molar-refractivity contribution is 0.112. The van der Waals surface area contributed by atoms with Gasteiger partial charge in [-0.1, -0.05) is 0 Å². The molecular weight excluding hydrogens is 204 g/mol. The number of benzene rings is 1. The number of aromatic nitrogens is 2. The lowest BCUT2D eigenvalue weighted by Gasteiger charge is -2.06. The van der Waals surface area contributed by atoms with Crippen molar-refractivity contribution in [3.05, 3.63) is 36.0 Å². The molecule has 0 saturated heterocycles. The fourth-order valence-corrected chi connectivity index (χ4v) is 1.64. The number of aldehydes is 1. The van der Waals surface area contributed by atoms with Crippen LogP contribution in [0, 0.1) is 0 Å². The molecule has 0 bridgehead atoms. The predicted octanol–water partition coefficient (Wildman–Crippen LogP) is 1.91. The van der Waals surface area contributed by atoms with Gasteiger partial charge in [0.1, 0.15) is 5.75 Å². The van der Waals surface area contributed by atoms with Crippen molar-refractivity contribution in [1.29, 1.82) is 0 Å². The van der Waals surface area contributed by atoms with E-state index in [4.69, 9.17) is 4.74 Å². The number of carbonyl (C=O) groups is 1. The van der Waals surface area contributed by atoms with Crippen molar-refractivity contribution in [2.75, 3.05) is 7.11 Å². The molecule has 2 rings (SSSR count). The minimum atomic E-state index is 0.543. The Kier molecular flexibility index (Phi) is 2.72. The van der Waals surface area contributed by atoms with Gasteiger partial charge in [-0.15, -0.1) is 0 Å². The van der Waals surface area contributed by atoms with Gasteiger partial charge in [-0.25, -0.2) is 0 Å². The van der Waals surface area contributed by atoms with Gasteiger partial charge in [0, 0.05) is 18.8 Å². The first-order chi connectivity index (χ1) is 7.76. The molecule has 0 amide bonds. The lowest BCUT2D eigenvalue weighted by Crippen LogP contribution is -1.95. The Morgan fingerprint density at radius 1 is 1.38 bits per heavy atom. The minimum Gasteiger partial charge on any atom is -0.496 e. The third kappa shape index (κ3) is 1.69. The van der Waals surface area contributed by atoms with Crippen LogP contribution in [0.5, 0.6) is 5.75 Å². The van der Waals surface area contributed by atoms with Crippen LogP contribution in [0.15, 0.2) is 30.5 Å². The van der Waals surface area contributed by atoms with Crippen LogP contribution in [0.1, 0.15) is 10.4 Å². The van der Waals surface area contributed by atoms with Gasteiger partial charge in [0.2, 0.25) is 0 Å². The average Bonchev–Trinajstić information content (AvgIpc) is 2.74. The van der Waals surface area contributed by atoms with Crippen LogP contribution in [0.3, 0.4) is 0 Å². The summed E-state index contributed by atoms with van der Waals surface area (Å²) in [5.41, 5.74) is 2.45. The highest BCUT2D eigenvalue weighted by Gasteiger charge is 2.07. The van der Waals surface area contributed by atoms with E-state index in [1.54, 1.807) is 30.1 Å². The van der Waals surface area contributed by atoms with Gasteiger partial charge in [-0.05, 0) is 24.3 Å². The molecule has 4 heteroatoms. The molecule has 16 heavy (non-hydrogen) atoms. The van der Waals surface area contributed by atoms with Crippen molar-refractivity contribution >= 4 is 6.29 Å². The number of hydrogen-bond acceptors (Lipinski definition) is 3. The summed E-state index contributed by atoms with van der Waals surface area (Å²) in [6.07, 6.45) is 2.51. The highest BCUT2D eigenvalue weighted by Crippen LogP contribution is 2.24. The highest BCUT2D eigenvalue weighted by atomic mass is 16.5. The molecule has 0 unspecified atom stereocenters. The Morgan fingerprint density at radius 2 is 2.19 bits per heavy atom. The van der Waals surface area contributed by atoms with Crippen LogP contribution in [0.2, 0.25) is 0 Å². The molecule has 4 nitrogen and oxygen atoms in total. The van der Waals surface area contributed by atoms with Crippen LogP contribution in [0.4, 0.5) is 0 Å². The van der Waals surface area contributed by atoms with E-state index < -0.39 is 0 Å². The number of ether oxygens (including phenoxy) is 1. The summed E-state index contributed by atoms with van der Waals surface area (Å²) >= 11 is 0. The summed E-state index contributed by atoms with van der Waals surface area (Å²) < 4.78 is 6.85. The summed E-state index contributed by atoms with van der Waals surface area (Å²) in [5.74, 6) is 0.584. The van der Waals surface area contributed by atoms with Crippen LogP contribution in [-0.2, 0) is 7.05 Å². The van der Waals surface area contributed by atoms with E-state index in [1.807, 2.05) is 19.2 Å². The van der Waals surface area contributed by atoms with Crippen molar-refractivity contribution in [3.8, 4) is 17.0 Å². The maximum Gasteiger partial charge on any atom is 0.153 e. The SMILES string of the molecule is COc1ccc(-c2ccnn2C)cc1C=O. The molecule has 0 spiro atoms. The number of carbonyl (C=O) groups excluding carboxylic acids is 1. The van der Waals surface area contributed by atoms with E-state index >= 15 is 0 Å². The molecule has 0 aliphatic rings. The summed E-state index contributed by atoms with van der Waals surface area (Å²) in [7, 11) is 3.41. The van der Waals surface area contributed by atoms with Gasteiger partial charge >= 0.3 is 0 Å². The van der Waals surface area contributed by atoms with Crippen molar-refractivity contribution in [1.82, 2.24) is 9.78 Å². The van der Waals surface area contributed by atoms with Crippen molar-refractivity contribution in [2.45, 2.75) is 0 Å². The maximum atomic E-state index is 10.9. The van der Waals surface area contributed by atoms with Crippen LogP contribution < -0.4 is 4.74 Å². The third-order valence-electron chi connectivity index (χ3n) is 2.47. The number of methoxy groups -OCH3 is 1. The summed E-state index contributed by atoms with van der Waals surface area (Å²) in [6, 6.07) is 7.38. The molecule has 0 aliphatic carbocycles. The quantitative estimate of drug-likeness (QED) is 0.736. The zero-order valence-electron chi connectivity index (χ0n) is 9.18. The lowest BCUT2D eigenvalue weighted by atomic mass is 10.1. The van der Waals surface area contributed by atoms with E-state index in [1.165, 1.54) is 0 Å². The fraction of sp³-hybridized carbons (Fsp3) is 0.167. The molecule has 0 radical (unpaired) electrons. The van der Waals surface area contributed by atoms with E-state index in [2.05, 4.69) is 5.10 Å². The Balaban J connectivity index is 2.52. The van der Waals surface area contributed by atoms with Crippen molar-refractivity contribution in [2.24, 2.45) is 7.05 Å². The van der Waals surface area contributed by atoms with Gasteiger partial charge < -0.3 is 4.74 Å². The molecule has 0 aliphatic heterocycles. The maximum absolute atomic E-state index is 10.9. The third-order valence-corrected chi connectivity index (χ3v) is 2.47. The smallest absolute Gasteiger partial charge is 0.153 e. The zero-order chi connectivity index (χ0) is 11.5. The molecule has 1 aromatic carbocycles. The predicted molar refractivity (Wildman–Crippen MR) is 60.6 cm³/mol. The summed E-state index contributed by atoms with van der Waals surface area (Å²) in [4.78, 5) is 10.9. The Bertz CT molecular complexity index is 517. The van der Waals surface area contributed by atoms with E-state index in [0.29, 0.717) is 11.3 Å². The standard InChI is InChI=1S/C12H12N2O2/c1-14-11(5-6-13-14)9-3-4-12(16-2)10(7-9)8-15/h3-8H,1-2H3. The first kappa shape index (κ1) is 10.4. The van der Waals surface area contributed by atoms with Crippen molar-refractivity contribution in [3.63, 3.8) is 0 Å². The number of hydrogen-bond donors (Lipinski definition) is 0. The second-order valence-corrected chi connectivity index (χ2v) is 3.41. The fourth-order valence-electron chi connectivity index (χ4n) is 1.64. The van der Waals surface area contributed by atoms with Crippen LogP contribution in [0.25, 0.3) is 11.3 Å². The molecule has 0 fully saturated rings. The minimum absolute atomic E-state index is 0.543. The van der Waals surface area contributed by atoms with Gasteiger partial charge in [0.05, 0.1) is 18.4 Å². The van der Waals surface area contributed by atoms with E-state index in [9.17, 15) is 4.79 Å². The average molecular weight is 216 g/mol. The number of rotatable bonds is 3. The van der Waals surface area contributed by atoms with Gasteiger partial charge in [0.25, 0.3) is 0 Å². The largest absolute Gasteiger partial charge is 0.496 e. The summed E-state index contributed by atoms with van der Waals surface area (Å²) in [6.45, 7) is 0. The van der Waals surface area contributed by atoms with Crippen LogP contribution in [-0.4, -0.2) is 23.2 Å². The van der Waals surface area contributed by atoms with Crippen molar-refractivity contribution < 1.29 is 9.53 Å². The first-order valence-electron chi connectivity index (χ1n) is 4.88. The number of nitrogens with zero attached hydrogens (tertiary/aromatic N) is 2. The molecule has 0 saturated carbocycles. The Morgan fingerprint density at radius 3 is 2.75 bits per heavy atom. The molecule has 0 atom stereocenters. The molecule has 1 aromatic heterocycles. The molecule has 82 valence electrons. The zero-order valence-corrected chi connectivity index (χ0v) is 9.18. The number of aryl methyl sites for hydroxylation is 1. The second kappa shape index (κ2) is 4.18. The molecule has 1 heterocycles. The van der Waals surface area contributed by atoms with E-state index in [-0.39, 0.29) is 0 Å². The Labute approximate surface area is 93.5 Å². The van der Waals surface area contributed by atoms with Crippen LogP contribution >= 0.6 is 0 Å². The van der Waals surface area contributed by atoms with Gasteiger partial charge in [0.15, 0.2) is 6.29 Å². The molecular formula is C12H12N2O2. The monoisotopic (exact) mass is 216 g/mol. The second-order valence-electron chi connectivity index (χ2n) is 3.41.